The zero-order valence-electron chi connectivity index (χ0n) is 5.59. The van der Waals surface area contributed by atoms with E-state index in [-0.39, 0.29) is 0 Å². The minimum absolute atomic E-state index is 0.563. The molecule has 12 heavy (non-hydrogen) atoms. The molecule has 1 aromatic rings. The second-order valence-corrected chi connectivity index (χ2v) is 1.85. The van der Waals surface area contributed by atoms with Gasteiger partial charge in [0.1, 0.15) is 0 Å². The van der Waals surface area contributed by atoms with E-state index in [4.69, 9.17) is 5.73 Å². The molecular weight excluding hydrogens is 170 g/mol. The van der Waals surface area contributed by atoms with Crippen LogP contribution in [0.5, 0.6) is 0 Å². The molecule has 2 N–H and O–H groups in total. The Bertz CT molecular complexity index is 342. The predicted octanol–water partition coefficient (Wildman–Crippen LogP) is 0.678. The standard InChI is InChI=1S/C4H3N3O5/c5-4-3(7(10)11)2(1-12-4)6(8)9/h1H,5H2. The van der Waals surface area contributed by atoms with Gasteiger partial charge in [-0.2, -0.15) is 0 Å². The lowest BCUT2D eigenvalue weighted by atomic mass is 10.4. The van der Waals surface area contributed by atoms with Crippen LogP contribution in [0.3, 0.4) is 0 Å². The first-order chi connectivity index (χ1) is 5.54. The van der Waals surface area contributed by atoms with Crippen molar-refractivity contribution in [1.29, 1.82) is 0 Å². The lowest BCUT2D eigenvalue weighted by molar-refractivity contribution is -0.421. The van der Waals surface area contributed by atoms with Gasteiger partial charge in [0.15, 0.2) is 6.26 Å². The lowest BCUT2D eigenvalue weighted by Gasteiger charge is -1.85. The van der Waals surface area contributed by atoms with Crippen LogP contribution in [0, 0.1) is 20.2 Å². The van der Waals surface area contributed by atoms with Gasteiger partial charge in [-0.1, -0.05) is 0 Å². The molecule has 0 unspecified atom stereocenters. The van der Waals surface area contributed by atoms with E-state index >= 15 is 0 Å². The maximum absolute atomic E-state index is 10.2. The lowest BCUT2D eigenvalue weighted by Crippen LogP contribution is -1.95. The Kier molecular flexibility index (Phi) is 1.66. The fourth-order valence-electron chi connectivity index (χ4n) is 0.670. The van der Waals surface area contributed by atoms with Crippen molar-refractivity contribution in [2.75, 3.05) is 5.73 Å². The van der Waals surface area contributed by atoms with E-state index in [9.17, 15) is 20.2 Å². The van der Waals surface area contributed by atoms with Crippen LogP contribution in [0.4, 0.5) is 17.3 Å². The highest BCUT2D eigenvalue weighted by Gasteiger charge is 2.31. The molecule has 0 spiro atoms. The fraction of sp³-hybridized carbons (Fsp3) is 0. The highest BCUT2D eigenvalue weighted by Crippen LogP contribution is 2.34. The molecule has 0 amide bonds. The van der Waals surface area contributed by atoms with Gasteiger partial charge in [0.05, 0.1) is 9.85 Å². The molecule has 8 nitrogen and oxygen atoms in total. The van der Waals surface area contributed by atoms with Gasteiger partial charge < -0.3 is 10.2 Å². The molecule has 0 aliphatic rings. The van der Waals surface area contributed by atoms with Gasteiger partial charge in [0, 0.05) is 0 Å². The van der Waals surface area contributed by atoms with Crippen molar-refractivity contribution in [2.45, 2.75) is 0 Å². The van der Waals surface area contributed by atoms with Crippen molar-refractivity contribution < 1.29 is 14.3 Å². The number of hydrogen-bond donors (Lipinski definition) is 1. The molecule has 1 aromatic heterocycles. The van der Waals surface area contributed by atoms with Crippen LogP contribution in [-0.4, -0.2) is 9.85 Å². The van der Waals surface area contributed by atoms with Crippen LogP contribution in [0.15, 0.2) is 10.7 Å². The van der Waals surface area contributed by atoms with Crippen molar-refractivity contribution in [3.8, 4) is 0 Å². The molecule has 0 aromatic carbocycles. The summed E-state index contributed by atoms with van der Waals surface area (Å²) in [5, 5.41) is 20.3. The van der Waals surface area contributed by atoms with Crippen molar-refractivity contribution >= 4 is 17.3 Å². The topological polar surface area (TPSA) is 125 Å². The third-order valence-electron chi connectivity index (χ3n) is 1.15. The summed E-state index contributed by atoms with van der Waals surface area (Å²) in [6, 6.07) is 0. The van der Waals surface area contributed by atoms with Gasteiger partial charge in [-0.05, 0) is 0 Å². The quantitative estimate of drug-likeness (QED) is 0.517. The maximum Gasteiger partial charge on any atom is 0.408 e. The van der Waals surface area contributed by atoms with Crippen molar-refractivity contribution in [1.82, 2.24) is 0 Å². The molecule has 8 heteroatoms. The number of rotatable bonds is 2. The summed E-state index contributed by atoms with van der Waals surface area (Å²) in [6.45, 7) is 0. The van der Waals surface area contributed by atoms with Gasteiger partial charge in [-0.3, -0.25) is 20.2 Å². The average molecular weight is 173 g/mol. The summed E-state index contributed by atoms with van der Waals surface area (Å²) in [5.41, 5.74) is 3.42. The molecule has 0 fully saturated rings. The first-order valence-electron chi connectivity index (χ1n) is 2.69. The highest BCUT2D eigenvalue weighted by atomic mass is 16.6. The Labute approximate surface area is 64.9 Å². The molecular formula is C4H3N3O5. The third kappa shape index (κ3) is 1.05. The number of hydrogen-bond acceptors (Lipinski definition) is 6. The Morgan fingerprint density at radius 1 is 1.33 bits per heavy atom. The van der Waals surface area contributed by atoms with Crippen LogP contribution in [0.25, 0.3) is 0 Å². The Morgan fingerprint density at radius 2 is 1.92 bits per heavy atom. The van der Waals surface area contributed by atoms with Crippen LogP contribution < -0.4 is 5.73 Å². The molecule has 0 aliphatic carbocycles. The van der Waals surface area contributed by atoms with Crippen molar-refractivity contribution in [2.24, 2.45) is 0 Å². The molecule has 0 atom stereocenters. The van der Waals surface area contributed by atoms with Crippen LogP contribution in [-0.2, 0) is 0 Å². The van der Waals surface area contributed by atoms with Gasteiger partial charge in [0.25, 0.3) is 5.88 Å². The number of nitrogens with two attached hydrogens (primary N) is 1. The van der Waals surface area contributed by atoms with E-state index in [1.165, 1.54) is 0 Å². The largest absolute Gasteiger partial charge is 0.436 e. The molecule has 0 radical (unpaired) electrons. The Morgan fingerprint density at radius 3 is 2.25 bits per heavy atom. The first kappa shape index (κ1) is 7.98. The Hall–Kier alpha value is -2.12. The molecule has 0 aliphatic heterocycles. The summed E-state index contributed by atoms with van der Waals surface area (Å²) in [6.07, 6.45) is 0.632. The van der Waals surface area contributed by atoms with Crippen molar-refractivity contribution in [3.05, 3.63) is 26.5 Å². The van der Waals surface area contributed by atoms with E-state index in [0.717, 1.165) is 0 Å². The second kappa shape index (κ2) is 2.49. The molecule has 0 saturated heterocycles. The minimum Gasteiger partial charge on any atom is -0.436 e. The highest BCUT2D eigenvalue weighted by molar-refractivity contribution is 5.63. The van der Waals surface area contributed by atoms with E-state index in [1.807, 2.05) is 0 Å². The normalized spacial score (nSPS) is 9.67. The zero-order chi connectivity index (χ0) is 9.30. The monoisotopic (exact) mass is 173 g/mol. The zero-order valence-corrected chi connectivity index (χ0v) is 5.59. The Balaban J connectivity index is 3.31. The van der Waals surface area contributed by atoms with E-state index < -0.39 is 27.1 Å². The number of nitrogen functional groups attached to an aromatic ring is 1. The molecule has 0 saturated carbocycles. The van der Waals surface area contributed by atoms with E-state index in [0.29, 0.717) is 6.26 Å². The summed E-state index contributed by atoms with van der Waals surface area (Å²) in [5.74, 6) is -0.563. The number of nitro groups is 2. The van der Waals surface area contributed by atoms with Crippen molar-refractivity contribution in [3.63, 3.8) is 0 Å². The third-order valence-corrected chi connectivity index (χ3v) is 1.15. The van der Waals surface area contributed by atoms with Crippen LogP contribution in [0.2, 0.25) is 0 Å². The van der Waals surface area contributed by atoms with Gasteiger partial charge in [-0.15, -0.1) is 0 Å². The average Bonchev–Trinajstić information content (AvgIpc) is 2.30. The maximum atomic E-state index is 10.2. The van der Waals surface area contributed by atoms with Crippen LogP contribution in [0.1, 0.15) is 0 Å². The van der Waals surface area contributed by atoms with Gasteiger partial charge in [-0.25, -0.2) is 0 Å². The van der Waals surface area contributed by atoms with E-state index in [2.05, 4.69) is 4.42 Å². The molecule has 64 valence electrons. The second-order valence-electron chi connectivity index (χ2n) is 1.85. The smallest absolute Gasteiger partial charge is 0.408 e. The van der Waals surface area contributed by atoms with E-state index in [1.54, 1.807) is 0 Å². The molecule has 1 rings (SSSR count). The molecule has 1 heterocycles. The minimum atomic E-state index is -0.961. The summed E-state index contributed by atoms with van der Waals surface area (Å²) in [4.78, 5) is 18.4. The first-order valence-corrected chi connectivity index (χ1v) is 2.69. The van der Waals surface area contributed by atoms with Crippen LogP contribution >= 0.6 is 0 Å². The van der Waals surface area contributed by atoms with Gasteiger partial charge >= 0.3 is 11.4 Å². The van der Waals surface area contributed by atoms with Gasteiger partial charge in [0.2, 0.25) is 0 Å². The summed E-state index contributed by atoms with van der Waals surface area (Å²) >= 11 is 0. The summed E-state index contributed by atoms with van der Waals surface area (Å²) < 4.78 is 4.31. The number of furan rings is 1. The SMILES string of the molecule is Nc1occ([N+](=O)[O-])c1[N+](=O)[O-]. The molecule has 0 bridgehead atoms. The predicted molar refractivity (Wildman–Crippen MR) is 36.4 cm³/mol. The number of nitrogens with zero attached hydrogens (tertiary/aromatic N) is 2. The summed E-state index contributed by atoms with van der Waals surface area (Å²) in [7, 11) is 0. The number of anilines is 1. The fourth-order valence-corrected chi connectivity index (χ4v) is 0.670.